The number of carboxylic acid groups (broad SMARTS) is 1. The molecule has 1 rings (SSSR count). The number of rotatable bonds is 3. The second kappa shape index (κ2) is 4.65. The number of hydrogen-bond acceptors (Lipinski definition) is 1. The van der Waals surface area contributed by atoms with Gasteiger partial charge in [-0.1, -0.05) is 31.9 Å². The van der Waals surface area contributed by atoms with E-state index in [0.717, 1.165) is 11.1 Å². The van der Waals surface area contributed by atoms with E-state index in [1.807, 2.05) is 13.8 Å². The van der Waals surface area contributed by atoms with Crippen molar-refractivity contribution in [3.05, 3.63) is 35.4 Å². The minimum Gasteiger partial charge on any atom is -0.481 e. The Labute approximate surface area is 89.9 Å². The molecule has 0 saturated carbocycles. The molecule has 0 unspecified atom stereocenters. The normalized spacial score (nSPS) is 12.1. The molecule has 1 aromatic rings. The van der Waals surface area contributed by atoms with Crippen molar-refractivity contribution in [2.45, 2.75) is 19.8 Å². The topological polar surface area (TPSA) is 37.3 Å². The summed E-state index contributed by atoms with van der Waals surface area (Å²) in [7, 11) is 0. The van der Waals surface area contributed by atoms with Crippen LogP contribution in [-0.4, -0.2) is 11.1 Å². The lowest BCUT2D eigenvalue weighted by atomic mass is 9.88. The van der Waals surface area contributed by atoms with E-state index in [4.69, 9.17) is 11.5 Å². The second-order valence-corrected chi connectivity index (χ2v) is 3.83. The highest BCUT2D eigenvalue weighted by Crippen LogP contribution is 2.24. The summed E-state index contributed by atoms with van der Waals surface area (Å²) < 4.78 is 0. The Morgan fingerprint density at radius 2 is 1.87 bits per heavy atom. The molecule has 78 valence electrons. The molecule has 0 radical (unpaired) electrons. The van der Waals surface area contributed by atoms with Crippen molar-refractivity contribution in [1.29, 1.82) is 0 Å². The molecule has 0 heterocycles. The quantitative estimate of drug-likeness (QED) is 0.764. The first-order valence-electron chi connectivity index (χ1n) is 4.85. The van der Waals surface area contributed by atoms with Gasteiger partial charge in [0.15, 0.2) is 0 Å². The van der Waals surface area contributed by atoms with Gasteiger partial charge in [0.1, 0.15) is 0 Å². The molecule has 2 heteroatoms. The van der Waals surface area contributed by atoms with Gasteiger partial charge in [-0.15, -0.1) is 6.42 Å². The highest BCUT2D eigenvalue weighted by Gasteiger charge is 2.22. The smallest absolute Gasteiger partial charge is 0.311 e. The molecule has 0 saturated heterocycles. The highest BCUT2D eigenvalue weighted by atomic mass is 16.4. The van der Waals surface area contributed by atoms with E-state index in [9.17, 15) is 4.79 Å². The number of hydrogen-bond donors (Lipinski definition) is 1. The molecule has 0 bridgehead atoms. The molecule has 0 fully saturated rings. The Morgan fingerprint density at radius 1 is 1.33 bits per heavy atom. The predicted octanol–water partition coefficient (Wildman–Crippen LogP) is 2.49. The number of aliphatic carboxylic acids is 1. The van der Waals surface area contributed by atoms with Crippen molar-refractivity contribution in [3.8, 4) is 12.3 Å². The zero-order valence-corrected chi connectivity index (χ0v) is 8.90. The molecule has 2 nitrogen and oxygen atoms in total. The van der Waals surface area contributed by atoms with Gasteiger partial charge in [-0.3, -0.25) is 4.79 Å². The van der Waals surface area contributed by atoms with E-state index in [-0.39, 0.29) is 5.92 Å². The van der Waals surface area contributed by atoms with Crippen molar-refractivity contribution in [2.75, 3.05) is 0 Å². The molecule has 0 aromatic heterocycles. The van der Waals surface area contributed by atoms with Crippen molar-refractivity contribution < 1.29 is 9.90 Å². The largest absolute Gasteiger partial charge is 0.481 e. The summed E-state index contributed by atoms with van der Waals surface area (Å²) in [6.45, 7) is 3.79. The van der Waals surface area contributed by atoms with Gasteiger partial charge in [0.25, 0.3) is 0 Å². The lowest BCUT2D eigenvalue weighted by molar-refractivity contribution is -0.139. The van der Waals surface area contributed by atoms with E-state index in [1.54, 1.807) is 24.3 Å². The minimum atomic E-state index is -0.793. The van der Waals surface area contributed by atoms with Crippen LogP contribution >= 0.6 is 0 Å². The Kier molecular flexibility index (Phi) is 3.51. The zero-order valence-electron chi connectivity index (χ0n) is 8.90. The fourth-order valence-corrected chi connectivity index (χ4v) is 1.60. The van der Waals surface area contributed by atoms with E-state index in [0.29, 0.717) is 0 Å². The molecule has 1 atom stereocenters. The van der Waals surface area contributed by atoms with Crippen LogP contribution in [0.25, 0.3) is 0 Å². The molecule has 15 heavy (non-hydrogen) atoms. The van der Waals surface area contributed by atoms with Crippen LogP contribution in [0.5, 0.6) is 0 Å². The van der Waals surface area contributed by atoms with Crippen LogP contribution in [-0.2, 0) is 4.79 Å². The first-order valence-corrected chi connectivity index (χ1v) is 4.85. The fourth-order valence-electron chi connectivity index (χ4n) is 1.60. The molecule has 0 aliphatic heterocycles. The summed E-state index contributed by atoms with van der Waals surface area (Å²) in [6.07, 6.45) is 5.23. The van der Waals surface area contributed by atoms with E-state index < -0.39 is 11.9 Å². The number of terminal acetylenes is 1. The molecule has 1 aromatic carbocycles. The van der Waals surface area contributed by atoms with Crippen molar-refractivity contribution >= 4 is 5.97 Å². The molecule has 1 N–H and O–H groups in total. The van der Waals surface area contributed by atoms with Crippen LogP contribution in [0.2, 0.25) is 0 Å². The maximum absolute atomic E-state index is 11.1. The summed E-state index contributed by atoms with van der Waals surface area (Å²) >= 11 is 0. The zero-order chi connectivity index (χ0) is 11.4. The average molecular weight is 202 g/mol. The molecule has 0 aliphatic carbocycles. The lowest BCUT2D eigenvalue weighted by Gasteiger charge is -2.16. The van der Waals surface area contributed by atoms with Crippen LogP contribution < -0.4 is 0 Å². The van der Waals surface area contributed by atoms with E-state index >= 15 is 0 Å². The highest BCUT2D eigenvalue weighted by molar-refractivity contribution is 5.76. The third-order valence-corrected chi connectivity index (χ3v) is 2.37. The van der Waals surface area contributed by atoms with Gasteiger partial charge in [0, 0.05) is 5.56 Å². The van der Waals surface area contributed by atoms with Crippen molar-refractivity contribution in [2.24, 2.45) is 5.92 Å². The van der Waals surface area contributed by atoms with Gasteiger partial charge < -0.3 is 5.11 Å². The first kappa shape index (κ1) is 11.3. The molecular formula is C13H14O2. The monoisotopic (exact) mass is 202 g/mol. The van der Waals surface area contributed by atoms with Crippen molar-refractivity contribution in [3.63, 3.8) is 0 Å². The van der Waals surface area contributed by atoms with Crippen molar-refractivity contribution in [1.82, 2.24) is 0 Å². The Balaban J connectivity index is 3.03. The molecule has 0 amide bonds. The van der Waals surface area contributed by atoms with E-state index in [2.05, 4.69) is 5.92 Å². The Hall–Kier alpha value is -1.75. The fraction of sp³-hybridized carbons (Fsp3) is 0.308. The van der Waals surface area contributed by atoms with Gasteiger partial charge in [-0.25, -0.2) is 0 Å². The average Bonchev–Trinajstić information content (AvgIpc) is 2.18. The Morgan fingerprint density at radius 3 is 2.20 bits per heavy atom. The van der Waals surface area contributed by atoms with Gasteiger partial charge in [-0.2, -0.15) is 0 Å². The molecule has 0 aliphatic rings. The third-order valence-electron chi connectivity index (χ3n) is 2.37. The van der Waals surface area contributed by atoms with Crippen LogP contribution in [0, 0.1) is 18.3 Å². The summed E-state index contributed by atoms with van der Waals surface area (Å²) in [5.41, 5.74) is 1.57. The third kappa shape index (κ3) is 2.60. The van der Waals surface area contributed by atoms with Gasteiger partial charge in [0.2, 0.25) is 0 Å². The standard InChI is InChI=1S/C13H14O2/c1-4-10-5-7-11(8-6-10)12(9(2)3)13(14)15/h1,5-9,12H,2-3H3,(H,14,15)/t12-/m1/s1. The maximum atomic E-state index is 11.1. The maximum Gasteiger partial charge on any atom is 0.311 e. The first-order chi connectivity index (χ1) is 7.06. The van der Waals surface area contributed by atoms with Crippen LogP contribution in [0.3, 0.4) is 0 Å². The van der Waals surface area contributed by atoms with Crippen LogP contribution in [0.4, 0.5) is 0 Å². The molecule has 0 spiro atoms. The predicted molar refractivity (Wildman–Crippen MR) is 59.6 cm³/mol. The summed E-state index contributed by atoms with van der Waals surface area (Å²) in [5.74, 6) is 1.32. The number of benzene rings is 1. The van der Waals surface area contributed by atoms with Gasteiger partial charge in [-0.05, 0) is 23.6 Å². The Bertz CT molecular complexity index is 382. The van der Waals surface area contributed by atoms with Crippen LogP contribution in [0.1, 0.15) is 30.9 Å². The van der Waals surface area contributed by atoms with Gasteiger partial charge in [0.05, 0.1) is 5.92 Å². The number of carboxylic acids is 1. The number of carbonyl (C=O) groups is 1. The summed E-state index contributed by atoms with van der Waals surface area (Å²) in [4.78, 5) is 11.1. The second-order valence-electron chi connectivity index (χ2n) is 3.83. The van der Waals surface area contributed by atoms with Crippen LogP contribution in [0.15, 0.2) is 24.3 Å². The molecular weight excluding hydrogens is 188 g/mol. The van der Waals surface area contributed by atoms with Gasteiger partial charge >= 0.3 is 5.97 Å². The summed E-state index contributed by atoms with van der Waals surface area (Å²) in [6, 6.07) is 7.11. The minimum absolute atomic E-state index is 0.0687. The summed E-state index contributed by atoms with van der Waals surface area (Å²) in [5, 5.41) is 9.08. The lowest BCUT2D eigenvalue weighted by Crippen LogP contribution is -2.17. The SMILES string of the molecule is C#Cc1ccc([C@H](C(=O)O)C(C)C)cc1. The van der Waals surface area contributed by atoms with E-state index in [1.165, 1.54) is 0 Å².